The summed E-state index contributed by atoms with van der Waals surface area (Å²) in [6, 6.07) is 0.712. The lowest BCUT2D eigenvalue weighted by atomic mass is 9.90. The van der Waals surface area contributed by atoms with Crippen LogP contribution >= 0.6 is 0 Å². The second-order valence-electron chi connectivity index (χ2n) is 4.74. The largest absolute Gasteiger partial charge is 0.381 e. The lowest BCUT2D eigenvalue weighted by molar-refractivity contribution is -0.122. The van der Waals surface area contributed by atoms with Gasteiger partial charge in [-0.25, -0.2) is 0 Å². The summed E-state index contributed by atoms with van der Waals surface area (Å²) in [4.78, 5) is 13.7. The third-order valence-corrected chi connectivity index (χ3v) is 3.85. The molecule has 2 fully saturated rings. The van der Waals surface area contributed by atoms with Crippen LogP contribution in [0.5, 0.6) is 0 Å². The van der Waals surface area contributed by atoms with Gasteiger partial charge in [0.1, 0.15) is 5.78 Å². The van der Waals surface area contributed by atoms with Crippen LogP contribution in [0.3, 0.4) is 0 Å². The molecular weight excluding hydrogens is 190 g/mol. The highest BCUT2D eigenvalue weighted by molar-refractivity contribution is 5.79. The van der Waals surface area contributed by atoms with E-state index in [1.54, 1.807) is 0 Å². The van der Waals surface area contributed by atoms with E-state index >= 15 is 0 Å². The predicted molar refractivity (Wildman–Crippen MR) is 58.9 cm³/mol. The average molecular weight is 211 g/mol. The van der Waals surface area contributed by atoms with Gasteiger partial charge in [-0.05, 0) is 25.7 Å². The highest BCUT2D eigenvalue weighted by Gasteiger charge is 2.27. The van der Waals surface area contributed by atoms with Gasteiger partial charge in [-0.2, -0.15) is 0 Å². The van der Waals surface area contributed by atoms with Crippen molar-refractivity contribution in [1.29, 1.82) is 0 Å². The smallest absolute Gasteiger partial charge is 0.135 e. The maximum atomic E-state index is 11.1. The van der Waals surface area contributed by atoms with Gasteiger partial charge in [-0.3, -0.25) is 9.69 Å². The minimum absolute atomic E-state index is 0.442. The fourth-order valence-electron chi connectivity index (χ4n) is 2.78. The molecule has 0 aromatic heterocycles. The van der Waals surface area contributed by atoms with Crippen LogP contribution in [0, 0.1) is 0 Å². The molecule has 3 heteroatoms. The van der Waals surface area contributed by atoms with Gasteiger partial charge in [0, 0.05) is 39.1 Å². The summed E-state index contributed by atoms with van der Waals surface area (Å²) in [6.45, 7) is 1.97. The summed E-state index contributed by atoms with van der Waals surface area (Å²) in [6.07, 6.45) is 6.87. The fourth-order valence-corrected chi connectivity index (χ4v) is 2.78. The van der Waals surface area contributed by atoms with Crippen LogP contribution in [0.25, 0.3) is 0 Å². The zero-order valence-corrected chi connectivity index (χ0v) is 9.58. The Morgan fingerprint density at radius 1 is 1.13 bits per heavy atom. The van der Waals surface area contributed by atoms with Gasteiger partial charge in [0.15, 0.2) is 0 Å². The second-order valence-corrected chi connectivity index (χ2v) is 4.74. The van der Waals surface area contributed by atoms with Gasteiger partial charge in [0.2, 0.25) is 0 Å². The van der Waals surface area contributed by atoms with Gasteiger partial charge < -0.3 is 4.74 Å². The van der Waals surface area contributed by atoms with Gasteiger partial charge in [0.25, 0.3) is 0 Å². The van der Waals surface area contributed by atoms with Crippen molar-refractivity contribution in [3.63, 3.8) is 0 Å². The van der Waals surface area contributed by atoms with E-state index in [4.69, 9.17) is 4.74 Å². The molecule has 2 aliphatic rings. The molecule has 0 N–H and O–H groups in total. The minimum Gasteiger partial charge on any atom is -0.381 e. The molecule has 0 atom stereocenters. The Morgan fingerprint density at radius 3 is 2.27 bits per heavy atom. The number of Topliss-reactive ketones (excluding diaryl/α,β-unsaturated/α-hetero) is 1. The van der Waals surface area contributed by atoms with Crippen molar-refractivity contribution in [2.45, 2.75) is 50.7 Å². The average Bonchev–Trinajstić information content (AvgIpc) is 2.30. The summed E-state index contributed by atoms with van der Waals surface area (Å²) >= 11 is 0. The third-order valence-electron chi connectivity index (χ3n) is 3.85. The molecule has 0 spiro atoms. The van der Waals surface area contributed by atoms with E-state index in [1.807, 2.05) is 7.11 Å². The molecule has 0 amide bonds. The molecule has 1 aliphatic heterocycles. The SMILES string of the molecule is COC1CCC(N2CCC(=O)CC2)CC1. The number of ketones is 1. The zero-order chi connectivity index (χ0) is 10.7. The molecule has 0 bridgehead atoms. The Hall–Kier alpha value is -0.410. The summed E-state index contributed by atoms with van der Waals surface area (Å²) in [5.74, 6) is 0.442. The highest BCUT2D eigenvalue weighted by atomic mass is 16.5. The van der Waals surface area contributed by atoms with E-state index in [0.717, 1.165) is 25.9 Å². The fraction of sp³-hybridized carbons (Fsp3) is 0.917. The maximum Gasteiger partial charge on any atom is 0.135 e. The zero-order valence-electron chi connectivity index (χ0n) is 9.58. The summed E-state index contributed by atoms with van der Waals surface area (Å²) < 4.78 is 5.37. The number of methoxy groups -OCH3 is 1. The second kappa shape index (κ2) is 5.08. The number of ether oxygens (including phenoxy) is 1. The van der Waals surface area contributed by atoms with Crippen molar-refractivity contribution in [2.75, 3.05) is 20.2 Å². The number of nitrogens with zero attached hydrogens (tertiary/aromatic N) is 1. The molecule has 0 aromatic rings. The van der Waals surface area contributed by atoms with Gasteiger partial charge in [0.05, 0.1) is 6.10 Å². The molecule has 0 unspecified atom stereocenters. The number of hydrogen-bond acceptors (Lipinski definition) is 3. The molecule has 1 aliphatic carbocycles. The van der Waals surface area contributed by atoms with E-state index in [9.17, 15) is 4.79 Å². The normalized spacial score (nSPS) is 34.3. The number of rotatable bonds is 2. The molecule has 1 saturated carbocycles. The van der Waals surface area contributed by atoms with Crippen LogP contribution in [0.15, 0.2) is 0 Å². The molecule has 1 saturated heterocycles. The third kappa shape index (κ3) is 2.79. The predicted octanol–water partition coefficient (Wildman–Crippen LogP) is 1.61. The Balaban J connectivity index is 1.78. The first-order valence-electron chi connectivity index (χ1n) is 6.08. The number of piperidine rings is 1. The van der Waals surface area contributed by atoms with Crippen LogP contribution < -0.4 is 0 Å². The molecule has 2 rings (SSSR count). The molecule has 0 radical (unpaired) electrons. The van der Waals surface area contributed by atoms with Gasteiger partial charge >= 0.3 is 0 Å². The molecule has 3 nitrogen and oxygen atoms in total. The van der Waals surface area contributed by atoms with Crippen LogP contribution in [-0.4, -0.2) is 43.0 Å². The number of hydrogen-bond donors (Lipinski definition) is 0. The van der Waals surface area contributed by atoms with E-state index in [-0.39, 0.29) is 0 Å². The molecule has 15 heavy (non-hydrogen) atoms. The lowest BCUT2D eigenvalue weighted by Crippen LogP contribution is -2.44. The molecular formula is C12H21NO2. The summed E-state index contributed by atoms with van der Waals surface area (Å²) in [5, 5.41) is 0. The van der Waals surface area contributed by atoms with Gasteiger partial charge in [-0.15, -0.1) is 0 Å². The summed E-state index contributed by atoms with van der Waals surface area (Å²) in [5.41, 5.74) is 0. The van der Waals surface area contributed by atoms with E-state index in [2.05, 4.69) is 4.90 Å². The quantitative estimate of drug-likeness (QED) is 0.695. The van der Waals surface area contributed by atoms with Crippen LogP contribution in [-0.2, 0) is 9.53 Å². The van der Waals surface area contributed by atoms with Crippen molar-refractivity contribution in [3.8, 4) is 0 Å². The molecule has 0 aromatic carbocycles. The highest BCUT2D eigenvalue weighted by Crippen LogP contribution is 2.26. The monoisotopic (exact) mass is 211 g/mol. The molecule has 1 heterocycles. The topological polar surface area (TPSA) is 29.5 Å². The van der Waals surface area contributed by atoms with E-state index < -0.39 is 0 Å². The van der Waals surface area contributed by atoms with Crippen molar-refractivity contribution < 1.29 is 9.53 Å². The number of carbonyl (C=O) groups excluding carboxylic acids is 1. The molecule has 86 valence electrons. The van der Waals surface area contributed by atoms with Crippen molar-refractivity contribution >= 4 is 5.78 Å². The van der Waals surface area contributed by atoms with Crippen molar-refractivity contribution in [2.24, 2.45) is 0 Å². The van der Waals surface area contributed by atoms with Crippen molar-refractivity contribution in [1.82, 2.24) is 4.90 Å². The first-order chi connectivity index (χ1) is 7.29. The standard InChI is InChI=1S/C12H21NO2/c1-15-12-4-2-10(3-5-12)13-8-6-11(14)7-9-13/h10,12H,2-9H2,1H3. The first-order valence-corrected chi connectivity index (χ1v) is 6.08. The number of likely N-dealkylation sites (tertiary alicyclic amines) is 1. The van der Waals surface area contributed by atoms with E-state index in [1.165, 1.54) is 25.7 Å². The Bertz CT molecular complexity index is 212. The number of carbonyl (C=O) groups is 1. The maximum absolute atomic E-state index is 11.1. The van der Waals surface area contributed by atoms with Crippen LogP contribution in [0.4, 0.5) is 0 Å². The van der Waals surface area contributed by atoms with Crippen LogP contribution in [0.1, 0.15) is 38.5 Å². The lowest BCUT2D eigenvalue weighted by Gasteiger charge is -2.38. The Labute approximate surface area is 91.8 Å². The van der Waals surface area contributed by atoms with Crippen molar-refractivity contribution in [3.05, 3.63) is 0 Å². The first kappa shape index (κ1) is 11.1. The van der Waals surface area contributed by atoms with Crippen LogP contribution in [0.2, 0.25) is 0 Å². The Kier molecular flexibility index (Phi) is 3.76. The van der Waals surface area contributed by atoms with Gasteiger partial charge in [-0.1, -0.05) is 0 Å². The minimum atomic E-state index is 0.442. The Morgan fingerprint density at radius 2 is 1.73 bits per heavy atom. The van der Waals surface area contributed by atoms with E-state index in [0.29, 0.717) is 17.9 Å². The summed E-state index contributed by atoms with van der Waals surface area (Å²) in [7, 11) is 1.81.